The summed E-state index contributed by atoms with van der Waals surface area (Å²) in [7, 11) is 0. The van der Waals surface area contributed by atoms with Crippen molar-refractivity contribution in [2.45, 2.75) is 52.1 Å². The molecule has 1 aromatic rings. The standard InChI is InChI=1S/C16H26N2O/c1-4-12-18(13(2)3)16(19)15(17)11-10-14-8-6-5-7-9-14/h5-9,13,15H,4,10-12,17H2,1-3H3. The van der Waals surface area contributed by atoms with E-state index in [9.17, 15) is 4.79 Å². The second-order valence-corrected chi connectivity index (χ2v) is 5.26. The second kappa shape index (κ2) is 7.95. The summed E-state index contributed by atoms with van der Waals surface area (Å²) in [5.74, 6) is 0.0766. The Morgan fingerprint density at radius 3 is 2.42 bits per heavy atom. The predicted molar refractivity (Wildman–Crippen MR) is 79.9 cm³/mol. The van der Waals surface area contributed by atoms with Gasteiger partial charge in [0.1, 0.15) is 0 Å². The van der Waals surface area contributed by atoms with Gasteiger partial charge in [0.25, 0.3) is 0 Å². The van der Waals surface area contributed by atoms with E-state index in [0.717, 1.165) is 19.4 Å². The van der Waals surface area contributed by atoms with Crippen molar-refractivity contribution in [1.82, 2.24) is 4.90 Å². The minimum Gasteiger partial charge on any atom is -0.339 e. The molecule has 0 aliphatic heterocycles. The quantitative estimate of drug-likeness (QED) is 0.821. The van der Waals surface area contributed by atoms with Crippen LogP contribution in [0.15, 0.2) is 30.3 Å². The Balaban J connectivity index is 2.51. The fourth-order valence-electron chi connectivity index (χ4n) is 2.17. The van der Waals surface area contributed by atoms with E-state index < -0.39 is 6.04 Å². The number of nitrogens with zero attached hydrogens (tertiary/aromatic N) is 1. The molecule has 0 radical (unpaired) electrons. The molecule has 0 saturated heterocycles. The first-order valence-electron chi connectivity index (χ1n) is 7.16. The Morgan fingerprint density at radius 1 is 1.26 bits per heavy atom. The van der Waals surface area contributed by atoms with Crippen LogP contribution in [0.3, 0.4) is 0 Å². The third-order valence-corrected chi connectivity index (χ3v) is 3.27. The van der Waals surface area contributed by atoms with Gasteiger partial charge < -0.3 is 10.6 Å². The molecule has 0 fully saturated rings. The third kappa shape index (κ3) is 5.03. The third-order valence-electron chi connectivity index (χ3n) is 3.27. The van der Waals surface area contributed by atoms with Crippen molar-refractivity contribution in [2.75, 3.05) is 6.54 Å². The number of carbonyl (C=O) groups excluding carboxylic acids is 1. The summed E-state index contributed by atoms with van der Waals surface area (Å²) < 4.78 is 0. The molecule has 1 aromatic carbocycles. The average molecular weight is 262 g/mol. The fourth-order valence-corrected chi connectivity index (χ4v) is 2.17. The van der Waals surface area contributed by atoms with Crippen molar-refractivity contribution in [3.05, 3.63) is 35.9 Å². The minimum absolute atomic E-state index is 0.0766. The molecular weight excluding hydrogens is 236 g/mol. The van der Waals surface area contributed by atoms with Gasteiger partial charge in [0.2, 0.25) is 5.91 Å². The van der Waals surface area contributed by atoms with E-state index in [4.69, 9.17) is 5.73 Å². The van der Waals surface area contributed by atoms with Gasteiger partial charge in [-0.25, -0.2) is 0 Å². The van der Waals surface area contributed by atoms with Gasteiger partial charge in [-0.05, 0) is 38.7 Å². The Bertz CT molecular complexity index is 376. The predicted octanol–water partition coefficient (Wildman–Crippen LogP) is 2.59. The van der Waals surface area contributed by atoms with E-state index in [1.807, 2.05) is 36.9 Å². The highest BCUT2D eigenvalue weighted by atomic mass is 16.2. The zero-order valence-corrected chi connectivity index (χ0v) is 12.3. The Kier molecular flexibility index (Phi) is 6.57. The summed E-state index contributed by atoms with van der Waals surface area (Å²) in [4.78, 5) is 14.2. The molecule has 0 aromatic heterocycles. The molecule has 1 unspecified atom stereocenters. The van der Waals surface area contributed by atoms with Crippen molar-refractivity contribution in [1.29, 1.82) is 0 Å². The molecule has 0 saturated carbocycles. The van der Waals surface area contributed by atoms with Gasteiger partial charge in [-0.3, -0.25) is 4.79 Å². The highest BCUT2D eigenvalue weighted by Crippen LogP contribution is 2.08. The summed E-state index contributed by atoms with van der Waals surface area (Å²) in [5.41, 5.74) is 7.28. The first-order valence-corrected chi connectivity index (χ1v) is 7.16. The molecule has 0 aliphatic carbocycles. The van der Waals surface area contributed by atoms with Gasteiger partial charge >= 0.3 is 0 Å². The second-order valence-electron chi connectivity index (χ2n) is 5.26. The van der Waals surface area contributed by atoms with Gasteiger partial charge in [-0.1, -0.05) is 37.3 Å². The first kappa shape index (κ1) is 15.7. The van der Waals surface area contributed by atoms with Crippen LogP contribution in [0.2, 0.25) is 0 Å². The lowest BCUT2D eigenvalue weighted by Gasteiger charge is -2.29. The minimum atomic E-state index is -0.394. The number of hydrogen-bond acceptors (Lipinski definition) is 2. The van der Waals surface area contributed by atoms with Gasteiger partial charge in [0.05, 0.1) is 6.04 Å². The molecule has 3 heteroatoms. The van der Waals surface area contributed by atoms with Gasteiger partial charge in [0, 0.05) is 12.6 Å². The van der Waals surface area contributed by atoms with Crippen LogP contribution >= 0.6 is 0 Å². The van der Waals surface area contributed by atoms with E-state index in [2.05, 4.69) is 19.1 Å². The Labute approximate surface area is 116 Å². The van der Waals surface area contributed by atoms with Gasteiger partial charge in [-0.15, -0.1) is 0 Å². The molecule has 19 heavy (non-hydrogen) atoms. The lowest BCUT2D eigenvalue weighted by atomic mass is 10.0. The number of benzene rings is 1. The number of hydrogen-bond donors (Lipinski definition) is 1. The molecular formula is C16H26N2O. The number of carbonyl (C=O) groups is 1. The smallest absolute Gasteiger partial charge is 0.239 e. The van der Waals surface area contributed by atoms with Crippen molar-refractivity contribution < 1.29 is 4.79 Å². The van der Waals surface area contributed by atoms with Crippen molar-refractivity contribution in [2.24, 2.45) is 5.73 Å². The molecule has 3 nitrogen and oxygen atoms in total. The van der Waals surface area contributed by atoms with Crippen LogP contribution in [0.4, 0.5) is 0 Å². The highest BCUT2D eigenvalue weighted by molar-refractivity contribution is 5.81. The largest absolute Gasteiger partial charge is 0.339 e. The van der Waals surface area contributed by atoms with Crippen LogP contribution in [0.25, 0.3) is 0 Å². The van der Waals surface area contributed by atoms with Crippen LogP contribution in [0, 0.1) is 0 Å². The SMILES string of the molecule is CCCN(C(=O)C(N)CCc1ccccc1)C(C)C. The molecule has 1 atom stereocenters. The lowest BCUT2D eigenvalue weighted by Crippen LogP contribution is -2.47. The van der Waals surface area contributed by atoms with E-state index in [0.29, 0.717) is 6.42 Å². The number of rotatable bonds is 7. The maximum Gasteiger partial charge on any atom is 0.239 e. The summed E-state index contributed by atoms with van der Waals surface area (Å²) in [6, 6.07) is 9.99. The lowest BCUT2D eigenvalue weighted by molar-refractivity contribution is -0.134. The van der Waals surface area contributed by atoms with Gasteiger partial charge in [-0.2, -0.15) is 0 Å². The molecule has 0 bridgehead atoms. The molecule has 1 amide bonds. The van der Waals surface area contributed by atoms with Crippen molar-refractivity contribution in [3.8, 4) is 0 Å². The zero-order chi connectivity index (χ0) is 14.3. The van der Waals surface area contributed by atoms with Crippen LogP contribution in [0.5, 0.6) is 0 Å². The topological polar surface area (TPSA) is 46.3 Å². The van der Waals surface area contributed by atoms with E-state index >= 15 is 0 Å². The monoisotopic (exact) mass is 262 g/mol. The Hall–Kier alpha value is -1.35. The maximum atomic E-state index is 12.3. The van der Waals surface area contributed by atoms with Crippen LogP contribution in [-0.2, 0) is 11.2 Å². The number of nitrogens with two attached hydrogens (primary N) is 1. The number of aryl methyl sites for hydroxylation is 1. The normalized spacial score (nSPS) is 12.5. The molecule has 0 heterocycles. The summed E-state index contributed by atoms with van der Waals surface area (Å²) in [6.45, 7) is 6.95. The molecule has 2 N–H and O–H groups in total. The van der Waals surface area contributed by atoms with E-state index in [1.54, 1.807) is 0 Å². The Morgan fingerprint density at radius 2 is 1.89 bits per heavy atom. The van der Waals surface area contributed by atoms with Crippen LogP contribution < -0.4 is 5.73 Å². The van der Waals surface area contributed by atoms with Crippen LogP contribution in [0.1, 0.15) is 39.2 Å². The molecule has 0 aliphatic rings. The van der Waals surface area contributed by atoms with Gasteiger partial charge in [0.15, 0.2) is 0 Å². The van der Waals surface area contributed by atoms with E-state index in [-0.39, 0.29) is 11.9 Å². The average Bonchev–Trinajstić information content (AvgIpc) is 2.42. The fraction of sp³-hybridized carbons (Fsp3) is 0.562. The highest BCUT2D eigenvalue weighted by Gasteiger charge is 2.22. The van der Waals surface area contributed by atoms with E-state index in [1.165, 1.54) is 5.56 Å². The number of amides is 1. The zero-order valence-electron chi connectivity index (χ0n) is 12.3. The van der Waals surface area contributed by atoms with Crippen molar-refractivity contribution >= 4 is 5.91 Å². The molecule has 106 valence electrons. The summed E-state index contributed by atoms with van der Waals surface area (Å²) >= 11 is 0. The first-order chi connectivity index (χ1) is 9.06. The van der Waals surface area contributed by atoms with Crippen molar-refractivity contribution in [3.63, 3.8) is 0 Å². The maximum absolute atomic E-state index is 12.3. The molecule has 1 rings (SSSR count). The summed E-state index contributed by atoms with van der Waals surface area (Å²) in [6.07, 6.45) is 2.52. The van der Waals surface area contributed by atoms with Crippen LogP contribution in [-0.4, -0.2) is 29.4 Å². The summed E-state index contributed by atoms with van der Waals surface area (Å²) in [5, 5.41) is 0. The molecule has 0 spiro atoms.